The van der Waals surface area contributed by atoms with Crippen molar-refractivity contribution in [2.24, 2.45) is 0 Å². The lowest BCUT2D eigenvalue weighted by Crippen LogP contribution is -2.23. The minimum absolute atomic E-state index is 0.169. The van der Waals surface area contributed by atoms with Crippen LogP contribution in [0, 0.1) is 0 Å². The van der Waals surface area contributed by atoms with Crippen molar-refractivity contribution < 1.29 is 9.53 Å². The highest BCUT2D eigenvalue weighted by molar-refractivity contribution is 5.94. The smallest absolute Gasteiger partial charge is 0.251 e. The van der Waals surface area contributed by atoms with Crippen LogP contribution in [0.1, 0.15) is 22.8 Å². The third kappa shape index (κ3) is 4.57. The lowest BCUT2D eigenvalue weighted by Gasteiger charge is -2.12. The van der Waals surface area contributed by atoms with Crippen molar-refractivity contribution in [2.45, 2.75) is 13.5 Å². The van der Waals surface area contributed by atoms with Crippen LogP contribution in [0.3, 0.4) is 0 Å². The molecule has 6 nitrogen and oxygen atoms in total. The molecule has 3 aromatic rings. The summed E-state index contributed by atoms with van der Waals surface area (Å²) in [6, 6.07) is 14.8. The summed E-state index contributed by atoms with van der Waals surface area (Å²) in [5.74, 6) is 1.15. The second kappa shape index (κ2) is 8.62. The van der Waals surface area contributed by atoms with E-state index in [9.17, 15) is 4.79 Å². The molecule has 26 heavy (non-hydrogen) atoms. The van der Waals surface area contributed by atoms with Crippen LogP contribution in [0.15, 0.2) is 67.1 Å². The van der Waals surface area contributed by atoms with Crippen molar-refractivity contribution in [1.29, 1.82) is 0 Å². The number of carbonyl (C=O) groups is 1. The third-order valence-corrected chi connectivity index (χ3v) is 3.65. The molecule has 2 aromatic heterocycles. The lowest BCUT2D eigenvalue weighted by atomic mass is 10.2. The van der Waals surface area contributed by atoms with Crippen molar-refractivity contribution in [3.63, 3.8) is 0 Å². The average molecular weight is 348 g/mol. The monoisotopic (exact) mass is 348 g/mol. The molecule has 0 spiro atoms. The van der Waals surface area contributed by atoms with Gasteiger partial charge in [0.1, 0.15) is 11.6 Å². The number of aromatic nitrogens is 2. The van der Waals surface area contributed by atoms with Gasteiger partial charge in [-0.15, -0.1) is 0 Å². The molecule has 0 aliphatic heterocycles. The molecule has 1 amide bonds. The Hall–Kier alpha value is -3.41. The quantitative estimate of drug-likeness (QED) is 0.683. The van der Waals surface area contributed by atoms with E-state index in [2.05, 4.69) is 20.6 Å². The van der Waals surface area contributed by atoms with Crippen molar-refractivity contribution in [3.8, 4) is 5.75 Å². The number of nitrogens with zero attached hydrogens (tertiary/aromatic N) is 2. The first kappa shape index (κ1) is 17.4. The Morgan fingerprint density at radius 2 is 2.00 bits per heavy atom. The first-order valence-electron chi connectivity index (χ1n) is 8.38. The summed E-state index contributed by atoms with van der Waals surface area (Å²) >= 11 is 0. The van der Waals surface area contributed by atoms with E-state index >= 15 is 0 Å². The van der Waals surface area contributed by atoms with E-state index in [1.54, 1.807) is 30.7 Å². The van der Waals surface area contributed by atoms with Crippen LogP contribution in [-0.2, 0) is 6.54 Å². The Balaban J connectivity index is 1.69. The van der Waals surface area contributed by atoms with Crippen LogP contribution < -0.4 is 15.4 Å². The van der Waals surface area contributed by atoms with Crippen molar-refractivity contribution in [2.75, 3.05) is 11.9 Å². The first-order valence-corrected chi connectivity index (χ1v) is 8.38. The molecule has 1 aromatic carbocycles. The fraction of sp³-hybridized carbons (Fsp3) is 0.150. The third-order valence-electron chi connectivity index (χ3n) is 3.65. The number of amides is 1. The van der Waals surface area contributed by atoms with Crippen LogP contribution in [-0.4, -0.2) is 22.5 Å². The van der Waals surface area contributed by atoms with Gasteiger partial charge in [-0.05, 0) is 42.8 Å². The van der Waals surface area contributed by atoms with Gasteiger partial charge in [-0.2, -0.15) is 0 Å². The van der Waals surface area contributed by atoms with E-state index in [-0.39, 0.29) is 5.91 Å². The standard InChI is InChI=1S/C20H20N4O2/c1-2-26-18-8-4-3-7-17(18)24-19-12-16(9-11-22-19)20(25)23-14-15-6-5-10-21-13-15/h3-13H,2,14H2,1H3,(H,22,24)(H,23,25). The molecule has 2 N–H and O–H groups in total. The number of anilines is 2. The molecule has 0 radical (unpaired) electrons. The summed E-state index contributed by atoms with van der Waals surface area (Å²) < 4.78 is 5.60. The van der Waals surface area contributed by atoms with E-state index in [1.165, 1.54) is 0 Å². The predicted octanol–water partition coefficient (Wildman–Crippen LogP) is 3.55. The molecule has 3 rings (SSSR count). The average Bonchev–Trinajstić information content (AvgIpc) is 2.69. The molecular formula is C20H20N4O2. The van der Waals surface area contributed by atoms with Crippen LogP contribution >= 0.6 is 0 Å². The SMILES string of the molecule is CCOc1ccccc1Nc1cc(C(=O)NCc2cccnc2)ccn1. The van der Waals surface area contributed by atoms with E-state index in [0.717, 1.165) is 17.0 Å². The zero-order valence-electron chi connectivity index (χ0n) is 14.5. The number of hydrogen-bond donors (Lipinski definition) is 2. The van der Waals surface area contributed by atoms with Crippen molar-refractivity contribution in [1.82, 2.24) is 15.3 Å². The highest BCUT2D eigenvalue weighted by Crippen LogP contribution is 2.26. The summed E-state index contributed by atoms with van der Waals surface area (Å²) in [7, 11) is 0. The van der Waals surface area contributed by atoms with Crippen LogP contribution in [0.5, 0.6) is 5.75 Å². The molecule has 6 heteroatoms. The van der Waals surface area contributed by atoms with Gasteiger partial charge >= 0.3 is 0 Å². The molecule has 0 unspecified atom stereocenters. The summed E-state index contributed by atoms with van der Waals surface area (Å²) in [6.45, 7) is 2.93. The van der Waals surface area contributed by atoms with Crippen molar-refractivity contribution >= 4 is 17.4 Å². The summed E-state index contributed by atoms with van der Waals surface area (Å²) in [4.78, 5) is 20.7. The van der Waals surface area contributed by atoms with Gasteiger partial charge in [0.15, 0.2) is 0 Å². The fourth-order valence-electron chi connectivity index (χ4n) is 2.42. The summed E-state index contributed by atoms with van der Waals surface area (Å²) in [5.41, 5.74) is 2.27. The maximum Gasteiger partial charge on any atom is 0.251 e. The number of ether oxygens (including phenoxy) is 1. The van der Waals surface area contributed by atoms with Gasteiger partial charge in [0.05, 0.1) is 12.3 Å². The van der Waals surface area contributed by atoms with Gasteiger partial charge in [0.2, 0.25) is 0 Å². The number of hydrogen-bond acceptors (Lipinski definition) is 5. The second-order valence-electron chi connectivity index (χ2n) is 5.53. The predicted molar refractivity (Wildman–Crippen MR) is 101 cm³/mol. The van der Waals surface area contributed by atoms with Crippen molar-refractivity contribution in [3.05, 3.63) is 78.2 Å². The highest BCUT2D eigenvalue weighted by Gasteiger charge is 2.09. The molecule has 0 saturated carbocycles. The summed E-state index contributed by atoms with van der Waals surface area (Å²) in [6.07, 6.45) is 5.03. The largest absolute Gasteiger partial charge is 0.492 e. The Morgan fingerprint density at radius 1 is 1.12 bits per heavy atom. The molecule has 0 saturated heterocycles. The number of para-hydroxylation sites is 2. The normalized spacial score (nSPS) is 10.2. The highest BCUT2D eigenvalue weighted by atomic mass is 16.5. The second-order valence-corrected chi connectivity index (χ2v) is 5.53. The molecule has 0 atom stereocenters. The molecular weight excluding hydrogens is 328 g/mol. The Labute approximate surface area is 152 Å². The Kier molecular flexibility index (Phi) is 5.77. The molecule has 0 bridgehead atoms. The minimum Gasteiger partial charge on any atom is -0.492 e. The number of benzene rings is 1. The van der Waals surface area contributed by atoms with Gasteiger partial charge in [0, 0.05) is 30.7 Å². The van der Waals surface area contributed by atoms with Gasteiger partial charge in [-0.25, -0.2) is 4.98 Å². The molecule has 0 aliphatic rings. The minimum atomic E-state index is -0.169. The van der Waals surface area contributed by atoms with E-state index < -0.39 is 0 Å². The fourth-order valence-corrected chi connectivity index (χ4v) is 2.42. The van der Waals surface area contributed by atoms with Gasteiger partial charge in [0.25, 0.3) is 5.91 Å². The lowest BCUT2D eigenvalue weighted by molar-refractivity contribution is 0.0951. The summed E-state index contributed by atoms with van der Waals surface area (Å²) in [5, 5.41) is 6.08. The van der Waals surface area contributed by atoms with Crippen LogP contribution in [0.4, 0.5) is 11.5 Å². The van der Waals surface area contributed by atoms with Gasteiger partial charge < -0.3 is 15.4 Å². The van der Waals surface area contributed by atoms with E-state index in [1.807, 2.05) is 43.3 Å². The zero-order chi connectivity index (χ0) is 18.2. The maximum absolute atomic E-state index is 12.4. The van der Waals surface area contributed by atoms with E-state index in [4.69, 9.17) is 4.74 Å². The number of rotatable bonds is 7. The molecule has 2 heterocycles. The molecule has 0 fully saturated rings. The zero-order valence-corrected chi connectivity index (χ0v) is 14.5. The number of pyridine rings is 2. The first-order chi connectivity index (χ1) is 12.8. The Bertz CT molecular complexity index is 868. The van der Waals surface area contributed by atoms with E-state index in [0.29, 0.717) is 24.5 Å². The topological polar surface area (TPSA) is 76.1 Å². The Morgan fingerprint density at radius 3 is 2.81 bits per heavy atom. The molecule has 132 valence electrons. The van der Waals surface area contributed by atoms with Crippen LogP contribution in [0.25, 0.3) is 0 Å². The van der Waals surface area contributed by atoms with Gasteiger partial charge in [-0.3, -0.25) is 9.78 Å². The number of nitrogens with one attached hydrogen (secondary N) is 2. The van der Waals surface area contributed by atoms with Crippen LogP contribution in [0.2, 0.25) is 0 Å². The molecule has 0 aliphatic carbocycles. The van der Waals surface area contributed by atoms with Gasteiger partial charge in [-0.1, -0.05) is 18.2 Å². The number of carbonyl (C=O) groups excluding carboxylic acids is 1. The maximum atomic E-state index is 12.4.